The van der Waals surface area contributed by atoms with Crippen LogP contribution >= 0.6 is 15.9 Å². The molecule has 25 heavy (non-hydrogen) atoms. The first-order valence-electron chi connectivity index (χ1n) is 7.58. The fourth-order valence-corrected chi connectivity index (χ4v) is 2.46. The number of carbonyl (C=O) groups is 1. The number of amides is 1. The van der Waals surface area contributed by atoms with Gasteiger partial charge in [-0.05, 0) is 48.5 Å². The molecule has 0 spiro atoms. The zero-order chi connectivity index (χ0) is 17.6. The molecule has 2 aromatic carbocycles. The molecule has 1 amide bonds. The molecule has 0 saturated carbocycles. The largest absolute Gasteiger partial charge is 0.497 e. The Kier molecular flexibility index (Phi) is 5.30. The predicted molar refractivity (Wildman–Crippen MR) is 103 cm³/mol. The second kappa shape index (κ2) is 7.81. The lowest BCUT2D eigenvalue weighted by atomic mass is 10.2. The first kappa shape index (κ1) is 17.0. The van der Waals surface area contributed by atoms with Crippen LogP contribution in [0.1, 0.15) is 10.4 Å². The number of aromatic nitrogens is 1. The number of pyridine rings is 1. The summed E-state index contributed by atoms with van der Waals surface area (Å²) in [6.45, 7) is 0. The van der Waals surface area contributed by atoms with Gasteiger partial charge in [-0.25, -0.2) is 4.98 Å². The third-order valence-electron chi connectivity index (χ3n) is 3.47. The molecule has 1 aromatic heterocycles. The Morgan fingerprint density at radius 3 is 2.52 bits per heavy atom. The Balaban J connectivity index is 1.65. The molecule has 0 saturated heterocycles. The first-order chi connectivity index (χ1) is 12.1. The van der Waals surface area contributed by atoms with Gasteiger partial charge in [-0.2, -0.15) is 0 Å². The predicted octanol–water partition coefficient (Wildman–Crippen LogP) is 4.85. The quantitative estimate of drug-likeness (QED) is 0.645. The molecule has 0 atom stereocenters. The molecule has 0 fully saturated rings. The van der Waals surface area contributed by atoms with Crippen molar-refractivity contribution in [1.29, 1.82) is 0 Å². The molecule has 0 radical (unpaired) electrons. The molecule has 2 N–H and O–H groups in total. The third-order valence-corrected chi connectivity index (χ3v) is 4.00. The van der Waals surface area contributed by atoms with Crippen molar-refractivity contribution < 1.29 is 9.53 Å². The molecule has 126 valence electrons. The number of methoxy groups -OCH3 is 1. The van der Waals surface area contributed by atoms with Gasteiger partial charge in [0.2, 0.25) is 0 Å². The van der Waals surface area contributed by atoms with Gasteiger partial charge in [0.15, 0.2) is 0 Å². The minimum absolute atomic E-state index is 0.178. The highest BCUT2D eigenvalue weighted by molar-refractivity contribution is 9.10. The monoisotopic (exact) mass is 397 g/mol. The summed E-state index contributed by atoms with van der Waals surface area (Å²) in [4.78, 5) is 16.5. The van der Waals surface area contributed by atoms with Gasteiger partial charge in [0.05, 0.1) is 19.0 Å². The SMILES string of the molecule is COc1cccc(Nc2ccc(NC(=O)c3ccc(Br)cc3)cn2)c1. The number of carbonyl (C=O) groups excluding carboxylic acids is 1. The number of benzene rings is 2. The smallest absolute Gasteiger partial charge is 0.255 e. The van der Waals surface area contributed by atoms with Crippen molar-refractivity contribution in [2.75, 3.05) is 17.7 Å². The molecular weight excluding hydrogens is 382 g/mol. The van der Waals surface area contributed by atoms with Crippen LogP contribution in [0.5, 0.6) is 5.75 Å². The van der Waals surface area contributed by atoms with Gasteiger partial charge in [0.25, 0.3) is 5.91 Å². The van der Waals surface area contributed by atoms with Crippen LogP contribution in [0.15, 0.2) is 71.3 Å². The van der Waals surface area contributed by atoms with Crippen molar-refractivity contribution in [3.8, 4) is 5.75 Å². The minimum atomic E-state index is -0.178. The Morgan fingerprint density at radius 1 is 1.04 bits per heavy atom. The average Bonchev–Trinajstić information content (AvgIpc) is 2.64. The maximum Gasteiger partial charge on any atom is 0.255 e. The van der Waals surface area contributed by atoms with E-state index in [1.54, 1.807) is 37.6 Å². The fraction of sp³-hybridized carbons (Fsp3) is 0.0526. The molecule has 6 heteroatoms. The number of anilines is 3. The van der Waals surface area contributed by atoms with E-state index in [1.165, 1.54) is 0 Å². The highest BCUT2D eigenvalue weighted by Gasteiger charge is 2.06. The van der Waals surface area contributed by atoms with E-state index in [0.717, 1.165) is 15.9 Å². The van der Waals surface area contributed by atoms with E-state index in [1.807, 2.05) is 36.4 Å². The van der Waals surface area contributed by atoms with Gasteiger partial charge in [-0.1, -0.05) is 22.0 Å². The number of halogens is 1. The summed E-state index contributed by atoms with van der Waals surface area (Å²) in [5, 5.41) is 6.01. The Hall–Kier alpha value is -2.86. The summed E-state index contributed by atoms with van der Waals surface area (Å²) in [5.74, 6) is 1.26. The lowest BCUT2D eigenvalue weighted by Crippen LogP contribution is -2.11. The van der Waals surface area contributed by atoms with Gasteiger partial charge >= 0.3 is 0 Å². The number of hydrogen-bond donors (Lipinski definition) is 2. The van der Waals surface area contributed by atoms with E-state index in [4.69, 9.17) is 4.74 Å². The minimum Gasteiger partial charge on any atom is -0.497 e. The van der Waals surface area contributed by atoms with Crippen molar-refractivity contribution in [3.63, 3.8) is 0 Å². The summed E-state index contributed by atoms with van der Waals surface area (Å²) in [7, 11) is 1.63. The molecule has 5 nitrogen and oxygen atoms in total. The van der Waals surface area contributed by atoms with E-state index in [9.17, 15) is 4.79 Å². The normalized spacial score (nSPS) is 10.2. The van der Waals surface area contributed by atoms with E-state index in [-0.39, 0.29) is 5.91 Å². The highest BCUT2D eigenvalue weighted by Crippen LogP contribution is 2.21. The maximum atomic E-state index is 12.2. The molecular formula is C19H16BrN3O2. The molecule has 0 aliphatic carbocycles. The molecule has 0 aliphatic heterocycles. The van der Waals surface area contributed by atoms with Crippen molar-refractivity contribution >= 4 is 39.0 Å². The molecule has 1 heterocycles. The number of hydrogen-bond acceptors (Lipinski definition) is 4. The van der Waals surface area contributed by atoms with E-state index >= 15 is 0 Å². The molecule has 3 rings (SSSR count). The topological polar surface area (TPSA) is 63.2 Å². The summed E-state index contributed by atoms with van der Waals surface area (Å²) in [5.41, 5.74) is 2.09. The summed E-state index contributed by atoms with van der Waals surface area (Å²) < 4.78 is 6.12. The van der Waals surface area contributed by atoms with E-state index in [0.29, 0.717) is 17.1 Å². The van der Waals surface area contributed by atoms with Crippen LogP contribution in [0.3, 0.4) is 0 Å². The Bertz CT molecular complexity index is 865. The van der Waals surface area contributed by atoms with Crippen molar-refractivity contribution in [1.82, 2.24) is 4.98 Å². The molecule has 0 aliphatic rings. The standard InChI is InChI=1S/C19H16BrN3O2/c1-25-17-4-2-3-15(11-17)22-18-10-9-16(12-21-18)23-19(24)13-5-7-14(20)8-6-13/h2-12H,1H3,(H,21,22)(H,23,24). The summed E-state index contributed by atoms with van der Waals surface area (Å²) in [6, 6.07) is 18.3. The summed E-state index contributed by atoms with van der Waals surface area (Å²) >= 11 is 3.35. The number of nitrogens with one attached hydrogen (secondary N) is 2. The average molecular weight is 398 g/mol. The van der Waals surface area contributed by atoms with Gasteiger partial charge < -0.3 is 15.4 Å². The van der Waals surface area contributed by atoms with Crippen LogP contribution in [0, 0.1) is 0 Å². The number of rotatable bonds is 5. The summed E-state index contributed by atoms with van der Waals surface area (Å²) in [6.07, 6.45) is 1.61. The van der Waals surface area contributed by atoms with E-state index in [2.05, 4.69) is 31.5 Å². The molecule has 0 unspecified atom stereocenters. The Labute approximate surface area is 154 Å². The number of ether oxygens (including phenoxy) is 1. The van der Waals surface area contributed by atoms with Crippen LogP contribution in [-0.4, -0.2) is 18.0 Å². The van der Waals surface area contributed by atoms with Crippen LogP contribution in [0.2, 0.25) is 0 Å². The zero-order valence-electron chi connectivity index (χ0n) is 13.5. The second-order valence-electron chi connectivity index (χ2n) is 5.25. The van der Waals surface area contributed by atoms with Gasteiger partial charge in [-0.15, -0.1) is 0 Å². The van der Waals surface area contributed by atoms with Gasteiger partial charge in [0, 0.05) is 21.8 Å². The molecule has 0 bridgehead atoms. The van der Waals surface area contributed by atoms with Crippen LogP contribution in [0.25, 0.3) is 0 Å². The lowest BCUT2D eigenvalue weighted by molar-refractivity contribution is 0.102. The van der Waals surface area contributed by atoms with Crippen molar-refractivity contribution in [3.05, 3.63) is 76.9 Å². The van der Waals surface area contributed by atoms with Gasteiger partial charge in [-0.3, -0.25) is 4.79 Å². The van der Waals surface area contributed by atoms with Crippen LogP contribution in [0.4, 0.5) is 17.2 Å². The van der Waals surface area contributed by atoms with Crippen LogP contribution in [-0.2, 0) is 0 Å². The number of nitrogens with zero attached hydrogens (tertiary/aromatic N) is 1. The van der Waals surface area contributed by atoms with E-state index < -0.39 is 0 Å². The van der Waals surface area contributed by atoms with Crippen molar-refractivity contribution in [2.45, 2.75) is 0 Å². The second-order valence-corrected chi connectivity index (χ2v) is 6.17. The maximum absolute atomic E-state index is 12.2. The molecule has 3 aromatic rings. The fourth-order valence-electron chi connectivity index (χ4n) is 2.19. The van der Waals surface area contributed by atoms with Crippen molar-refractivity contribution in [2.24, 2.45) is 0 Å². The lowest BCUT2D eigenvalue weighted by Gasteiger charge is -2.09. The van der Waals surface area contributed by atoms with Gasteiger partial charge in [0.1, 0.15) is 11.6 Å². The third kappa shape index (κ3) is 4.58. The zero-order valence-corrected chi connectivity index (χ0v) is 15.1. The first-order valence-corrected chi connectivity index (χ1v) is 8.37. The van der Waals surface area contributed by atoms with Crippen LogP contribution < -0.4 is 15.4 Å². The Morgan fingerprint density at radius 2 is 1.84 bits per heavy atom. The highest BCUT2D eigenvalue weighted by atomic mass is 79.9.